The first-order valence-corrected chi connectivity index (χ1v) is 13.7. The summed E-state index contributed by atoms with van der Waals surface area (Å²) in [6.45, 7) is 0. The number of nitro benzene ring substituents is 1. The van der Waals surface area contributed by atoms with Crippen LogP contribution in [0, 0.1) is 10.1 Å². The number of anilines is 1. The molecule has 0 saturated carbocycles. The van der Waals surface area contributed by atoms with Crippen molar-refractivity contribution in [2.45, 2.75) is 16.1 Å². The van der Waals surface area contributed by atoms with E-state index in [2.05, 4.69) is 26.1 Å². The predicted octanol–water partition coefficient (Wildman–Crippen LogP) is 6.13. The molecule has 1 unspecified atom stereocenters. The molecule has 5 rings (SSSR count). The topological polar surface area (TPSA) is 127 Å². The van der Waals surface area contributed by atoms with Gasteiger partial charge in [-0.15, -0.1) is 10.2 Å². The third-order valence-electron chi connectivity index (χ3n) is 5.77. The average Bonchev–Trinajstić information content (AvgIpc) is 3.50. The van der Waals surface area contributed by atoms with E-state index >= 15 is 0 Å². The number of Topliss-reactive ketones (excluding diaryl/α,β-unsaturated/α-hetero) is 1. The zero-order chi connectivity index (χ0) is 26.8. The molecule has 12 heteroatoms. The van der Waals surface area contributed by atoms with E-state index in [-0.39, 0.29) is 22.0 Å². The van der Waals surface area contributed by atoms with Crippen molar-refractivity contribution in [2.75, 3.05) is 4.90 Å². The Labute approximate surface area is 233 Å². The highest BCUT2D eigenvalue weighted by Gasteiger charge is 2.48. The Bertz CT molecular complexity index is 1570. The zero-order valence-electron chi connectivity index (χ0n) is 19.4. The SMILES string of the molecule is O=C1C(=O)N(c2nnc(SCc3ccccc3)s2)C(c2cccc([N+](=O)[O-])c2)/C1=C(/O)c1ccc(Br)cc1. The van der Waals surface area contributed by atoms with Crippen LogP contribution < -0.4 is 4.90 Å². The van der Waals surface area contributed by atoms with Gasteiger partial charge in [0.05, 0.1) is 16.5 Å². The summed E-state index contributed by atoms with van der Waals surface area (Å²) in [6.07, 6.45) is 0. The van der Waals surface area contributed by atoms with Crippen molar-refractivity contribution in [2.24, 2.45) is 0 Å². The van der Waals surface area contributed by atoms with Gasteiger partial charge in [-0.2, -0.15) is 0 Å². The van der Waals surface area contributed by atoms with Crippen molar-refractivity contribution in [1.82, 2.24) is 10.2 Å². The first kappa shape index (κ1) is 25.8. The lowest BCUT2D eigenvalue weighted by Crippen LogP contribution is -2.29. The fourth-order valence-corrected chi connectivity index (χ4v) is 6.08. The molecule has 1 aliphatic rings. The third-order valence-corrected chi connectivity index (χ3v) is 8.42. The fourth-order valence-electron chi connectivity index (χ4n) is 3.99. The van der Waals surface area contributed by atoms with Crippen molar-refractivity contribution in [3.05, 3.63) is 116 Å². The number of aliphatic hydroxyl groups is 1. The Kier molecular flexibility index (Phi) is 7.36. The molecule has 1 aliphatic heterocycles. The van der Waals surface area contributed by atoms with Gasteiger partial charge in [0.1, 0.15) is 5.76 Å². The summed E-state index contributed by atoms with van der Waals surface area (Å²) in [4.78, 5) is 38.7. The number of nitro groups is 1. The molecule has 38 heavy (non-hydrogen) atoms. The number of aromatic nitrogens is 2. The summed E-state index contributed by atoms with van der Waals surface area (Å²) in [5.74, 6) is -1.59. The lowest BCUT2D eigenvalue weighted by Gasteiger charge is -2.22. The average molecular weight is 609 g/mol. The number of amides is 1. The van der Waals surface area contributed by atoms with Crippen molar-refractivity contribution < 1.29 is 19.6 Å². The van der Waals surface area contributed by atoms with Gasteiger partial charge in [0.15, 0.2) is 4.34 Å². The van der Waals surface area contributed by atoms with Gasteiger partial charge in [-0.05, 0) is 23.3 Å². The number of hydrogen-bond donors (Lipinski definition) is 1. The summed E-state index contributed by atoms with van der Waals surface area (Å²) in [7, 11) is 0. The van der Waals surface area contributed by atoms with Gasteiger partial charge in [-0.25, -0.2) is 0 Å². The second-order valence-electron chi connectivity index (χ2n) is 8.15. The van der Waals surface area contributed by atoms with Crippen molar-refractivity contribution in [3.8, 4) is 0 Å². The Hall–Kier alpha value is -3.87. The Balaban J connectivity index is 1.58. The maximum Gasteiger partial charge on any atom is 0.301 e. The zero-order valence-corrected chi connectivity index (χ0v) is 22.6. The van der Waals surface area contributed by atoms with Crippen LogP contribution in [0.2, 0.25) is 0 Å². The second-order valence-corrected chi connectivity index (χ2v) is 11.2. The molecule has 1 amide bonds. The van der Waals surface area contributed by atoms with Crippen LogP contribution in [0.25, 0.3) is 5.76 Å². The number of halogens is 1. The predicted molar refractivity (Wildman–Crippen MR) is 148 cm³/mol. The molecule has 1 N–H and O–H groups in total. The molecule has 9 nitrogen and oxygen atoms in total. The normalized spacial score (nSPS) is 16.7. The van der Waals surface area contributed by atoms with Crippen molar-refractivity contribution in [3.63, 3.8) is 0 Å². The van der Waals surface area contributed by atoms with Gasteiger partial charge in [0.25, 0.3) is 11.5 Å². The summed E-state index contributed by atoms with van der Waals surface area (Å²) in [5, 5.41) is 31.2. The molecule has 3 aromatic carbocycles. The molecule has 0 radical (unpaired) electrons. The number of non-ortho nitro benzene ring substituents is 1. The number of aliphatic hydroxyl groups excluding tert-OH is 1. The van der Waals surface area contributed by atoms with Crippen LogP contribution in [0.3, 0.4) is 0 Å². The fraction of sp³-hybridized carbons (Fsp3) is 0.0769. The van der Waals surface area contributed by atoms with Crippen LogP contribution in [-0.2, 0) is 15.3 Å². The molecular weight excluding hydrogens is 592 g/mol. The van der Waals surface area contributed by atoms with E-state index in [1.165, 1.54) is 30.0 Å². The first-order chi connectivity index (χ1) is 18.3. The van der Waals surface area contributed by atoms with E-state index in [0.717, 1.165) is 26.3 Å². The number of hydrogen-bond acceptors (Lipinski definition) is 9. The molecule has 190 valence electrons. The largest absolute Gasteiger partial charge is 0.507 e. The van der Waals surface area contributed by atoms with Gasteiger partial charge in [-0.1, -0.05) is 93.6 Å². The molecule has 0 bridgehead atoms. The van der Waals surface area contributed by atoms with E-state index < -0.39 is 28.4 Å². The van der Waals surface area contributed by atoms with Gasteiger partial charge in [-0.3, -0.25) is 24.6 Å². The van der Waals surface area contributed by atoms with E-state index in [9.17, 15) is 24.8 Å². The number of benzene rings is 3. The third kappa shape index (κ3) is 5.10. The van der Waals surface area contributed by atoms with Crippen LogP contribution in [-0.4, -0.2) is 31.9 Å². The smallest absolute Gasteiger partial charge is 0.301 e. The van der Waals surface area contributed by atoms with Gasteiger partial charge in [0.2, 0.25) is 5.13 Å². The Morgan fingerprint density at radius 2 is 1.79 bits per heavy atom. The van der Waals surface area contributed by atoms with Crippen molar-refractivity contribution in [1.29, 1.82) is 0 Å². The number of carbonyl (C=O) groups is 2. The first-order valence-electron chi connectivity index (χ1n) is 11.1. The van der Waals surface area contributed by atoms with Crippen molar-refractivity contribution >= 4 is 67.3 Å². The minimum atomic E-state index is -1.14. The van der Waals surface area contributed by atoms with Crippen LogP contribution in [0.5, 0.6) is 0 Å². The molecule has 4 aromatic rings. The highest BCUT2D eigenvalue weighted by atomic mass is 79.9. The van der Waals surface area contributed by atoms with Crippen LogP contribution in [0.15, 0.2) is 93.2 Å². The van der Waals surface area contributed by atoms with E-state index in [4.69, 9.17) is 0 Å². The lowest BCUT2D eigenvalue weighted by molar-refractivity contribution is -0.384. The van der Waals surface area contributed by atoms with E-state index in [0.29, 0.717) is 15.7 Å². The summed E-state index contributed by atoms with van der Waals surface area (Å²) in [6, 6.07) is 20.8. The van der Waals surface area contributed by atoms with E-state index in [1.54, 1.807) is 30.3 Å². The van der Waals surface area contributed by atoms with Crippen LogP contribution >= 0.6 is 39.0 Å². The van der Waals surface area contributed by atoms with Gasteiger partial charge >= 0.3 is 5.91 Å². The maximum atomic E-state index is 13.3. The maximum absolute atomic E-state index is 13.3. The molecule has 0 aliphatic carbocycles. The molecular formula is C26H17BrN4O5S2. The molecule has 0 spiro atoms. The lowest BCUT2D eigenvalue weighted by atomic mass is 9.95. The number of thioether (sulfide) groups is 1. The summed E-state index contributed by atoms with van der Waals surface area (Å²) < 4.78 is 1.34. The molecule has 1 atom stereocenters. The highest BCUT2D eigenvalue weighted by Crippen LogP contribution is 2.44. The summed E-state index contributed by atoms with van der Waals surface area (Å²) >= 11 is 5.89. The van der Waals surface area contributed by atoms with Crippen LogP contribution in [0.4, 0.5) is 10.8 Å². The van der Waals surface area contributed by atoms with Crippen LogP contribution in [0.1, 0.15) is 22.7 Å². The van der Waals surface area contributed by atoms with E-state index in [1.807, 2.05) is 30.3 Å². The Morgan fingerprint density at radius 3 is 2.50 bits per heavy atom. The number of nitrogens with zero attached hydrogens (tertiary/aromatic N) is 4. The monoisotopic (exact) mass is 608 g/mol. The Morgan fingerprint density at radius 1 is 1.05 bits per heavy atom. The summed E-state index contributed by atoms with van der Waals surface area (Å²) in [5.41, 5.74) is 1.28. The second kappa shape index (κ2) is 10.9. The number of ketones is 1. The minimum Gasteiger partial charge on any atom is -0.507 e. The molecule has 2 heterocycles. The molecule has 1 saturated heterocycles. The molecule has 1 fully saturated rings. The van der Waals surface area contributed by atoms with Gasteiger partial charge < -0.3 is 5.11 Å². The minimum absolute atomic E-state index is 0.147. The number of rotatable bonds is 7. The number of carbonyl (C=O) groups excluding carboxylic acids is 2. The standard InChI is InChI=1S/C26H17BrN4O5S2/c27-18-11-9-16(10-12-18)22(32)20-21(17-7-4-8-19(13-17)31(35)36)30(24(34)23(20)33)25-28-29-26(38-25)37-14-15-5-2-1-3-6-15/h1-13,21,32H,14H2/b22-20-. The molecule has 1 aromatic heterocycles. The van der Waals surface area contributed by atoms with Gasteiger partial charge in [0, 0.05) is 27.9 Å². The quantitative estimate of drug-likeness (QED) is 0.0505. The highest BCUT2D eigenvalue weighted by molar-refractivity contribution is 9.10.